The highest BCUT2D eigenvalue weighted by molar-refractivity contribution is 6.05. The van der Waals surface area contributed by atoms with E-state index in [-0.39, 0.29) is 0 Å². The molecule has 0 atom stereocenters. The molecule has 2 aliphatic rings. The van der Waals surface area contributed by atoms with Crippen molar-refractivity contribution in [1.82, 2.24) is 15.0 Å². The molecule has 1 saturated carbocycles. The summed E-state index contributed by atoms with van der Waals surface area (Å²) >= 11 is 0. The highest BCUT2D eigenvalue weighted by atomic mass is 15.2. The average molecular weight is 358 g/mol. The minimum atomic E-state index is 0.607. The Morgan fingerprint density at radius 3 is 3.04 bits per heavy atom. The minimum Gasteiger partial charge on any atom is -0.361 e. The van der Waals surface area contributed by atoms with E-state index in [1.807, 2.05) is 12.3 Å². The number of benzene rings is 1. The van der Waals surface area contributed by atoms with Gasteiger partial charge in [0.15, 0.2) is 0 Å². The van der Waals surface area contributed by atoms with Crippen molar-refractivity contribution in [3.8, 4) is 0 Å². The van der Waals surface area contributed by atoms with Gasteiger partial charge in [0.2, 0.25) is 5.95 Å². The van der Waals surface area contributed by atoms with Crippen LogP contribution in [0.3, 0.4) is 0 Å². The number of amidine groups is 1. The van der Waals surface area contributed by atoms with Crippen LogP contribution < -0.4 is 10.6 Å². The molecule has 0 unspecified atom stereocenters. The van der Waals surface area contributed by atoms with Gasteiger partial charge in [-0.05, 0) is 60.6 Å². The number of aromatic nitrogens is 3. The quantitative estimate of drug-likeness (QED) is 0.643. The number of aryl methyl sites for hydroxylation is 1. The molecule has 6 nitrogen and oxygen atoms in total. The number of hydrogen-bond donors (Lipinski definition) is 3. The Morgan fingerprint density at radius 2 is 2.15 bits per heavy atom. The average Bonchev–Trinajstić information content (AvgIpc) is 3.32. The molecular weight excluding hydrogens is 336 g/mol. The first-order chi connectivity index (χ1) is 13.3. The normalized spacial score (nSPS) is 16.3. The fourth-order valence-corrected chi connectivity index (χ4v) is 3.63. The van der Waals surface area contributed by atoms with E-state index in [4.69, 9.17) is 0 Å². The first-order valence-corrected chi connectivity index (χ1v) is 9.41. The third-order valence-corrected chi connectivity index (χ3v) is 5.19. The molecule has 136 valence electrons. The second-order valence-corrected chi connectivity index (χ2v) is 7.25. The smallest absolute Gasteiger partial charge is 0.224 e. The number of hydrogen-bond acceptors (Lipinski definition) is 5. The van der Waals surface area contributed by atoms with Crippen molar-refractivity contribution in [2.45, 2.75) is 26.3 Å². The van der Waals surface area contributed by atoms with Crippen molar-refractivity contribution in [1.29, 1.82) is 0 Å². The summed E-state index contributed by atoms with van der Waals surface area (Å²) in [6, 6.07) is 8.16. The Kier molecular flexibility index (Phi) is 3.89. The van der Waals surface area contributed by atoms with E-state index in [2.05, 4.69) is 61.8 Å². The molecule has 0 amide bonds. The fraction of sp³-hybridized carbons (Fsp3) is 0.286. The van der Waals surface area contributed by atoms with Crippen LogP contribution in [0.5, 0.6) is 0 Å². The molecule has 2 aromatic heterocycles. The van der Waals surface area contributed by atoms with Gasteiger partial charge in [-0.1, -0.05) is 12.1 Å². The van der Waals surface area contributed by atoms with E-state index in [1.54, 1.807) is 6.20 Å². The van der Waals surface area contributed by atoms with Gasteiger partial charge in [-0.3, -0.25) is 4.99 Å². The summed E-state index contributed by atoms with van der Waals surface area (Å²) in [5, 5.41) is 7.91. The molecule has 5 rings (SSSR count). The lowest BCUT2D eigenvalue weighted by atomic mass is 10.1. The second-order valence-electron chi connectivity index (χ2n) is 7.25. The second kappa shape index (κ2) is 6.54. The van der Waals surface area contributed by atoms with E-state index < -0.39 is 0 Å². The van der Waals surface area contributed by atoms with Crippen molar-refractivity contribution in [3.63, 3.8) is 0 Å². The first kappa shape index (κ1) is 16.1. The summed E-state index contributed by atoms with van der Waals surface area (Å²) in [5.74, 6) is 3.02. The predicted molar refractivity (Wildman–Crippen MR) is 109 cm³/mol. The van der Waals surface area contributed by atoms with Gasteiger partial charge in [0.25, 0.3) is 0 Å². The molecule has 3 heterocycles. The van der Waals surface area contributed by atoms with Crippen molar-refractivity contribution < 1.29 is 0 Å². The van der Waals surface area contributed by atoms with Crippen LogP contribution in [0.25, 0.3) is 10.9 Å². The maximum atomic E-state index is 4.58. The van der Waals surface area contributed by atoms with Gasteiger partial charge in [-0.25, -0.2) is 4.98 Å². The Bertz CT molecular complexity index is 1060. The van der Waals surface area contributed by atoms with Crippen molar-refractivity contribution in [3.05, 3.63) is 59.4 Å². The molecule has 27 heavy (non-hydrogen) atoms. The van der Waals surface area contributed by atoms with E-state index in [9.17, 15) is 0 Å². The van der Waals surface area contributed by atoms with Crippen LogP contribution in [-0.4, -0.2) is 27.3 Å². The zero-order valence-corrected chi connectivity index (χ0v) is 15.3. The number of nitrogens with one attached hydrogen (secondary N) is 3. The monoisotopic (exact) mass is 358 g/mol. The summed E-state index contributed by atoms with van der Waals surface area (Å²) in [6.07, 6.45) is 8.59. The zero-order valence-electron chi connectivity index (χ0n) is 15.3. The van der Waals surface area contributed by atoms with E-state index in [1.165, 1.54) is 34.9 Å². The minimum absolute atomic E-state index is 0.607. The molecule has 1 aliphatic carbocycles. The highest BCUT2D eigenvalue weighted by Crippen LogP contribution is 2.37. The molecule has 3 N–H and O–H groups in total. The van der Waals surface area contributed by atoms with Gasteiger partial charge >= 0.3 is 0 Å². The lowest BCUT2D eigenvalue weighted by Crippen LogP contribution is -2.11. The Hall–Kier alpha value is -3.15. The zero-order chi connectivity index (χ0) is 18.2. The summed E-state index contributed by atoms with van der Waals surface area (Å²) in [5.41, 5.74) is 5.07. The van der Waals surface area contributed by atoms with E-state index >= 15 is 0 Å². The lowest BCUT2D eigenvalue weighted by molar-refractivity contribution is 0.959. The van der Waals surface area contributed by atoms with Crippen molar-refractivity contribution in [2.75, 3.05) is 17.2 Å². The molecule has 1 aliphatic heterocycles. The third kappa shape index (κ3) is 3.30. The third-order valence-electron chi connectivity index (χ3n) is 5.19. The molecule has 1 aromatic carbocycles. The molecule has 0 bridgehead atoms. The van der Waals surface area contributed by atoms with Crippen LogP contribution >= 0.6 is 0 Å². The van der Waals surface area contributed by atoms with Gasteiger partial charge < -0.3 is 15.6 Å². The summed E-state index contributed by atoms with van der Waals surface area (Å²) < 4.78 is 0. The standard InChI is InChI=1S/C21H22N6/c1-13-10-23-17-4-2-3-15(20(13)17)11-25-21-22-8-7-18(27-21)26-19-9-16(12-24-19)14-5-6-14/h2-4,7-10,14,23H,5-6,11-12H2,1H3,(H2,22,24,25,26,27). The maximum absolute atomic E-state index is 4.58. The number of fused-ring (bicyclic) bond motifs is 1. The first-order valence-electron chi connectivity index (χ1n) is 9.41. The molecule has 1 fully saturated rings. The topological polar surface area (TPSA) is 78.0 Å². The Balaban J connectivity index is 1.29. The van der Waals surface area contributed by atoms with E-state index in [0.29, 0.717) is 12.5 Å². The molecule has 0 radical (unpaired) electrons. The Labute approximate surface area is 157 Å². The number of nitrogens with zero attached hydrogens (tertiary/aromatic N) is 3. The van der Waals surface area contributed by atoms with Gasteiger partial charge in [0, 0.05) is 29.8 Å². The van der Waals surface area contributed by atoms with Crippen molar-refractivity contribution in [2.24, 2.45) is 10.9 Å². The number of rotatable bonds is 5. The number of anilines is 2. The van der Waals surface area contributed by atoms with Gasteiger partial charge in [-0.15, -0.1) is 0 Å². The fourth-order valence-electron chi connectivity index (χ4n) is 3.63. The largest absolute Gasteiger partial charge is 0.361 e. The molecule has 0 saturated heterocycles. The maximum Gasteiger partial charge on any atom is 0.224 e. The van der Waals surface area contributed by atoms with Crippen LogP contribution in [0, 0.1) is 12.8 Å². The molecular formula is C21H22N6. The van der Waals surface area contributed by atoms with Gasteiger partial charge in [0.1, 0.15) is 11.7 Å². The van der Waals surface area contributed by atoms with Crippen molar-refractivity contribution >= 4 is 28.5 Å². The van der Waals surface area contributed by atoms with E-state index in [0.717, 1.165) is 29.6 Å². The highest BCUT2D eigenvalue weighted by Gasteiger charge is 2.27. The number of aliphatic imine (C=N–C) groups is 1. The van der Waals surface area contributed by atoms with Crippen LogP contribution in [-0.2, 0) is 6.54 Å². The predicted octanol–water partition coefficient (Wildman–Crippen LogP) is 4.04. The summed E-state index contributed by atoms with van der Waals surface area (Å²) in [4.78, 5) is 16.8. The van der Waals surface area contributed by atoms with Crippen LogP contribution in [0.1, 0.15) is 24.0 Å². The molecule has 3 aromatic rings. The van der Waals surface area contributed by atoms with Crippen LogP contribution in [0.2, 0.25) is 0 Å². The summed E-state index contributed by atoms with van der Waals surface area (Å²) in [6.45, 7) is 3.62. The van der Waals surface area contributed by atoms with Crippen LogP contribution in [0.15, 0.2) is 53.3 Å². The molecule has 6 heteroatoms. The number of H-pyrrole nitrogens is 1. The summed E-state index contributed by atoms with van der Waals surface area (Å²) in [7, 11) is 0. The lowest BCUT2D eigenvalue weighted by Gasteiger charge is -2.09. The number of aromatic amines is 1. The van der Waals surface area contributed by atoms with Gasteiger partial charge in [-0.2, -0.15) is 4.98 Å². The van der Waals surface area contributed by atoms with Crippen LogP contribution in [0.4, 0.5) is 11.8 Å². The Morgan fingerprint density at radius 1 is 1.22 bits per heavy atom. The van der Waals surface area contributed by atoms with Gasteiger partial charge in [0.05, 0.1) is 6.54 Å². The molecule has 0 spiro atoms. The SMILES string of the molecule is Cc1c[nH]c2cccc(CNc3nccc(NC4=NCC(C5CC5)=C4)n3)c12.